The Balaban J connectivity index is 2.09. The first-order valence-electron chi connectivity index (χ1n) is 5.26. The van der Waals surface area contributed by atoms with Gasteiger partial charge >= 0.3 is 6.18 Å². The minimum Gasteiger partial charge on any atom is -0.314 e. The number of rotatable bonds is 2. The van der Waals surface area contributed by atoms with Crippen LogP contribution in [0.4, 0.5) is 24.1 Å². The van der Waals surface area contributed by atoms with Gasteiger partial charge in [0.2, 0.25) is 0 Å². The number of hydrogen-bond donors (Lipinski definition) is 2. The van der Waals surface area contributed by atoms with Crippen LogP contribution in [0, 0.1) is 0 Å². The maximum Gasteiger partial charge on any atom is 0.418 e. The first kappa shape index (κ1) is 12.0. The Morgan fingerprint density at radius 1 is 1.26 bits per heavy atom. The normalized spacial score (nSPS) is 11.9. The largest absolute Gasteiger partial charge is 0.418 e. The minimum atomic E-state index is -4.41. The SMILES string of the molecule is FC(F)(F)c1cccc2c(Nc3nccs3)n[nH]c12. The standard InChI is InChI=1S/C11H7F3N4S/c12-11(13,14)7-3-1-2-6-8(7)17-18-9(6)16-10-15-4-5-19-10/h1-5H,(H2,15,16,17,18). The highest BCUT2D eigenvalue weighted by Crippen LogP contribution is 2.36. The van der Waals surface area contributed by atoms with Gasteiger partial charge in [-0.15, -0.1) is 11.3 Å². The molecule has 8 heteroatoms. The molecule has 2 heterocycles. The number of anilines is 2. The molecular weight excluding hydrogens is 277 g/mol. The second-order valence-electron chi connectivity index (χ2n) is 3.76. The smallest absolute Gasteiger partial charge is 0.314 e. The zero-order valence-corrected chi connectivity index (χ0v) is 10.1. The van der Waals surface area contributed by atoms with Gasteiger partial charge < -0.3 is 5.32 Å². The highest BCUT2D eigenvalue weighted by Gasteiger charge is 2.33. The fraction of sp³-hybridized carbons (Fsp3) is 0.0909. The lowest BCUT2D eigenvalue weighted by atomic mass is 10.1. The summed E-state index contributed by atoms with van der Waals surface area (Å²) < 4.78 is 38.5. The van der Waals surface area contributed by atoms with Gasteiger partial charge in [0, 0.05) is 17.0 Å². The van der Waals surface area contributed by atoms with E-state index >= 15 is 0 Å². The topological polar surface area (TPSA) is 53.6 Å². The zero-order valence-electron chi connectivity index (χ0n) is 9.32. The number of H-pyrrole nitrogens is 1. The van der Waals surface area contributed by atoms with Crippen LogP contribution in [0.1, 0.15) is 5.56 Å². The van der Waals surface area contributed by atoms with Gasteiger partial charge in [0.05, 0.1) is 11.1 Å². The first-order valence-corrected chi connectivity index (χ1v) is 6.14. The number of para-hydroxylation sites is 1. The minimum absolute atomic E-state index is 0.0333. The predicted molar refractivity (Wildman–Crippen MR) is 66.5 cm³/mol. The second-order valence-corrected chi connectivity index (χ2v) is 4.65. The molecule has 3 rings (SSSR count). The average Bonchev–Trinajstić information content (AvgIpc) is 2.98. The highest BCUT2D eigenvalue weighted by molar-refractivity contribution is 7.13. The summed E-state index contributed by atoms with van der Waals surface area (Å²) in [5.74, 6) is 0.330. The number of aromatic amines is 1. The van der Waals surface area contributed by atoms with Crippen LogP contribution in [-0.2, 0) is 6.18 Å². The zero-order chi connectivity index (χ0) is 13.5. The van der Waals surface area contributed by atoms with Gasteiger partial charge in [-0.25, -0.2) is 4.98 Å². The van der Waals surface area contributed by atoms with Crippen molar-refractivity contribution in [3.8, 4) is 0 Å². The van der Waals surface area contributed by atoms with E-state index in [9.17, 15) is 13.2 Å². The number of fused-ring (bicyclic) bond motifs is 1. The summed E-state index contributed by atoms with van der Waals surface area (Å²) in [6.45, 7) is 0. The molecule has 0 aliphatic heterocycles. The van der Waals surface area contributed by atoms with Crippen LogP contribution < -0.4 is 5.32 Å². The molecule has 0 atom stereocenters. The Morgan fingerprint density at radius 3 is 2.79 bits per heavy atom. The number of nitrogens with zero attached hydrogens (tertiary/aromatic N) is 2. The molecular formula is C11H7F3N4S. The van der Waals surface area contributed by atoms with Gasteiger partial charge in [-0.3, -0.25) is 5.10 Å². The quantitative estimate of drug-likeness (QED) is 0.753. The molecule has 0 fully saturated rings. The Labute approximate surface area is 109 Å². The van der Waals surface area contributed by atoms with Crippen molar-refractivity contribution in [1.29, 1.82) is 0 Å². The fourth-order valence-electron chi connectivity index (χ4n) is 1.76. The third kappa shape index (κ3) is 2.14. The van der Waals surface area contributed by atoms with Gasteiger partial charge in [0.25, 0.3) is 0 Å². The summed E-state index contributed by atoms with van der Waals surface area (Å²) >= 11 is 1.34. The number of thiazole rings is 1. The molecule has 0 amide bonds. The van der Waals surface area contributed by atoms with Crippen molar-refractivity contribution in [3.63, 3.8) is 0 Å². The fourth-order valence-corrected chi connectivity index (χ4v) is 2.29. The maximum absolute atomic E-state index is 12.8. The van der Waals surface area contributed by atoms with Crippen LogP contribution in [0.15, 0.2) is 29.8 Å². The number of halogens is 3. The second kappa shape index (κ2) is 4.23. The van der Waals surface area contributed by atoms with Crippen LogP contribution >= 0.6 is 11.3 Å². The molecule has 1 aromatic carbocycles. The number of hydrogen-bond acceptors (Lipinski definition) is 4. The molecule has 0 saturated heterocycles. The van der Waals surface area contributed by atoms with Gasteiger partial charge in [-0.2, -0.15) is 18.3 Å². The van der Waals surface area contributed by atoms with Gasteiger partial charge in [0.15, 0.2) is 10.9 Å². The van der Waals surface area contributed by atoms with Gasteiger partial charge in [-0.1, -0.05) is 6.07 Å². The summed E-state index contributed by atoms with van der Waals surface area (Å²) in [5, 5.41) is 11.9. The molecule has 0 bridgehead atoms. The molecule has 0 aliphatic carbocycles. The number of aromatic nitrogens is 3. The molecule has 0 unspecified atom stereocenters. The molecule has 0 radical (unpaired) electrons. The lowest BCUT2D eigenvalue weighted by molar-refractivity contribution is -0.136. The Morgan fingerprint density at radius 2 is 2.11 bits per heavy atom. The van der Waals surface area contributed by atoms with E-state index in [2.05, 4.69) is 20.5 Å². The number of nitrogens with one attached hydrogen (secondary N) is 2. The van der Waals surface area contributed by atoms with Crippen molar-refractivity contribution in [2.24, 2.45) is 0 Å². The average molecular weight is 284 g/mol. The van der Waals surface area contributed by atoms with Crippen LogP contribution in [-0.4, -0.2) is 15.2 Å². The molecule has 3 aromatic rings. The monoisotopic (exact) mass is 284 g/mol. The summed E-state index contributed by atoms with van der Waals surface area (Å²) in [4.78, 5) is 4.00. The van der Waals surface area contributed by atoms with Crippen LogP contribution in [0.25, 0.3) is 10.9 Å². The van der Waals surface area contributed by atoms with Crippen molar-refractivity contribution in [2.45, 2.75) is 6.18 Å². The summed E-state index contributed by atoms with van der Waals surface area (Å²) in [6.07, 6.45) is -2.81. The Kier molecular flexibility index (Phi) is 2.67. The molecule has 2 N–H and O–H groups in total. The van der Waals surface area contributed by atoms with Gasteiger partial charge in [0.1, 0.15) is 0 Å². The lowest BCUT2D eigenvalue weighted by Gasteiger charge is -2.07. The molecule has 0 aliphatic rings. The van der Waals surface area contributed by atoms with E-state index in [0.29, 0.717) is 16.3 Å². The molecule has 0 spiro atoms. The van der Waals surface area contributed by atoms with E-state index in [1.807, 2.05) is 0 Å². The van der Waals surface area contributed by atoms with E-state index in [1.54, 1.807) is 17.6 Å². The van der Waals surface area contributed by atoms with E-state index in [4.69, 9.17) is 0 Å². The summed E-state index contributed by atoms with van der Waals surface area (Å²) in [7, 11) is 0. The van der Waals surface area contributed by atoms with Gasteiger partial charge in [-0.05, 0) is 12.1 Å². The van der Waals surface area contributed by atoms with Crippen LogP contribution in [0.2, 0.25) is 0 Å². The molecule has 0 saturated carbocycles. The molecule has 98 valence electrons. The van der Waals surface area contributed by atoms with E-state index in [-0.39, 0.29) is 5.52 Å². The van der Waals surface area contributed by atoms with E-state index in [1.165, 1.54) is 17.4 Å². The van der Waals surface area contributed by atoms with Crippen molar-refractivity contribution >= 4 is 33.2 Å². The lowest BCUT2D eigenvalue weighted by Crippen LogP contribution is -2.05. The number of alkyl halides is 3. The van der Waals surface area contributed by atoms with Crippen molar-refractivity contribution in [3.05, 3.63) is 35.3 Å². The predicted octanol–water partition coefficient (Wildman–Crippen LogP) is 3.78. The molecule has 2 aromatic heterocycles. The van der Waals surface area contributed by atoms with E-state index in [0.717, 1.165) is 6.07 Å². The molecule has 4 nitrogen and oxygen atoms in total. The summed E-state index contributed by atoms with van der Waals surface area (Å²) in [5.41, 5.74) is -0.765. The Bertz CT molecular complexity index is 702. The van der Waals surface area contributed by atoms with Crippen LogP contribution in [0.5, 0.6) is 0 Å². The van der Waals surface area contributed by atoms with Crippen molar-refractivity contribution < 1.29 is 13.2 Å². The van der Waals surface area contributed by atoms with Crippen molar-refractivity contribution in [1.82, 2.24) is 15.2 Å². The van der Waals surface area contributed by atoms with E-state index < -0.39 is 11.7 Å². The molecule has 19 heavy (non-hydrogen) atoms. The van der Waals surface area contributed by atoms with Crippen LogP contribution in [0.3, 0.4) is 0 Å². The maximum atomic E-state index is 12.8. The number of benzene rings is 1. The highest BCUT2D eigenvalue weighted by atomic mass is 32.1. The third-order valence-electron chi connectivity index (χ3n) is 2.56. The van der Waals surface area contributed by atoms with Crippen molar-refractivity contribution in [2.75, 3.05) is 5.32 Å². The third-order valence-corrected chi connectivity index (χ3v) is 3.25. The Hall–Kier alpha value is -2.09. The summed E-state index contributed by atoms with van der Waals surface area (Å²) in [6, 6.07) is 3.95. The first-order chi connectivity index (χ1) is 9.05.